The highest BCUT2D eigenvalue weighted by atomic mass is 16.5. The van der Waals surface area contributed by atoms with Crippen molar-refractivity contribution in [1.29, 1.82) is 0 Å². The number of carbonyl (C=O) groups is 1. The predicted octanol–water partition coefficient (Wildman–Crippen LogP) is 2.15. The van der Waals surface area contributed by atoms with Crippen LogP contribution in [0.25, 0.3) is 0 Å². The van der Waals surface area contributed by atoms with Gasteiger partial charge in [0, 0.05) is 6.54 Å². The summed E-state index contributed by atoms with van der Waals surface area (Å²) in [6.07, 6.45) is 0. The Labute approximate surface area is 117 Å². The summed E-state index contributed by atoms with van der Waals surface area (Å²) in [5, 5.41) is 12.8. The SMILES string of the molecule is Cc1cc(=NC(=O)NCc2ccccc2)cc(C)n1O. The second-order valence-corrected chi connectivity index (χ2v) is 4.56. The number of amides is 2. The largest absolute Gasteiger partial charge is 0.428 e. The molecule has 1 heterocycles. The molecular weight excluding hydrogens is 254 g/mol. The number of hydrogen-bond acceptors (Lipinski definition) is 2. The summed E-state index contributed by atoms with van der Waals surface area (Å²) >= 11 is 0. The highest BCUT2D eigenvalue weighted by Crippen LogP contribution is 1.98. The standard InChI is InChI=1S/C15H17N3O2/c1-11-8-14(9-12(2)18(11)20)17-15(19)16-10-13-6-4-3-5-7-13/h3-9,20H,10H2,1-2H3,(H,16,19). The van der Waals surface area contributed by atoms with Gasteiger partial charge in [-0.2, -0.15) is 9.72 Å². The van der Waals surface area contributed by atoms with Crippen LogP contribution in [0.2, 0.25) is 0 Å². The number of urea groups is 1. The quantitative estimate of drug-likeness (QED) is 0.822. The monoisotopic (exact) mass is 271 g/mol. The van der Waals surface area contributed by atoms with Crippen LogP contribution in [0.1, 0.15) is 17.0 Å². The summed E-state index contributed by atoms with van der Waals surface area (Å²) in [6.45, 7) is 3.93. The fraction of sp³-hybridized carbons (Fsp3) is 0.200. The van der Waals surface area contributed by atoms with E-state index in [1.54, 1.807) is 26.0 Å². The lowest BCUT2D eigenvalue weighted by atomic mass is 10.2. The van der Waals surface area contributed by atoms with Gasteiger partial charge in [-0.05, 0) is 31.5 Å². The summed E-state index contributed by atoms with van der Waals surface area (Å²) in [5.41, 5.74) is 2.27. The molecule has 0 fully saturated rings. The lowest BCUT2D eigenvalue weighted by Crippen LogP contribution is -2.22. The molecule has 20 heavy (non-hydrogen) atoms. The van der Waals surface area contributed by atoms with E-state index >= 15 is 0 Å². The normalized spacial score (nSPS) is 10.1. The van der Waals surface area contributed by atoms with Gasteiger partial charge in [-0.25, -0.2) is 4.79 Å². The molecular formula is C15H17N3O2. The number of rotatable bonds is 2. The van der Waals surface area contributed by atoms with E-state index < -0.39 is 6.03 Å². The highest BCUT2D eigenvalue weighted by Gasteiger charge is 2.00. The van der Waals surface area contributed by atoms with Crippen molar-refractivity contribution in [2.24, 2.45) is 4.99 Å². The molecule has 0 aliphatic carbocycles. The Bertz CT molecular complexity index is 649. The van der Waals surface area contributed by atoms with Crippen LogP contribution in [0.15, 0.2) is 47.5 Å². The Morgan fingerprint density at radius 1 is 1.20 bits per heavy atom. The number of hydrogen-bond donors (Lipinski definition) is 2. The molecule has 1 aromatic heterocycles. The van der Waals surface area contributed by atoms with Crippen molar-refractivity contribution in [2.75, 3.05) is 0 Å². The van der Waals surface area contributed by atoms with Crippen molar-refractivity contribution in [2.45, 2.75) is 20.4 Å². The first-order valence-electron chi connectivity index (χ1n) is 6.32. The van der Waals surface area contributed by atoms with Crippen LogP contribution < -0.4 is 10.7 Å². The minimum absolute atomic E-state index is 0.400. The van der Waals surface area contributed by atoms with Crippen LogP contribution in [0.4, 0.5) is 4.79 Å². The van der Waals surface area contributed by atoms with Crippen molar-refractivity contribution in [3.8, 4) is 0 Å². The van der Waals surface area contributed by atoms with Crippen molar-refractivity contribution in [3.63, 3.8) is 0 Å². The van der Waals surface area contributed by atoms with E-state index in [0.717, 1.165) is 10.3 Å². The zero-order valence-corrected chi connectivity index (χ0v) is 11.5. The zero-order chi connectivity index (χ0) is 14.5. The summed E-state index contributed by atoms with van der Waals surface area (Å²) < 4.78 is 1.06. The number of nitrogens with one attached hydrogen (secondary N) is 1. The average Bonchev–Trinajstić information content (AvgIpc) is 2.43. The van der Waals surface area contributed by atoms with Gasteiger partial charge in [0.25, 0.3) is 0 Å². The van der Waals surface area contributed by atoms with Gasteiger partial charge in [0.1, 0.15) is 0 Å². The molecule has 5 heteroatoms. The number of pyridine rings is 1. The van der Waals surface area contributed by atoms with E-state index in [-0.39, 0.29) is 0 Å². The lowest BCUT2D eigenvalue weighted by molar-refractivity contribution is 0.170. The Kier molecular flexibility index (Phi) is 4.20. The van der Waals surface area contributed by atoms with Gasteiger partial charge in [-0.15, -0.1) is 0 Å². The van der Waals surface area contributed by atoms with Crippen molar-refractivity contribution >= 4 is 6.03 Å². The first kappa shape index (κ1) is 13.9. The first-order chi connectivity index (χ1) is 9.56. The molecule has 0 unspecified atom stereocenters. The van der Waals surface area contributed by atoms with Crippen LogP contribution in [0.5, 0.6) is 0 Å². The minimum Gasteiger partial charge on any atom is -0.428 e. The molecule has 0 saturated carbocycles. The average molecular weight is 271 g/mol. The maximum atomic E-state index is 11.7. The number of nitrogens with zero attached hydrogens (tertiary/aromatic N) is 2. The Morgan fingerprint density at radius 2 is 1.80 bits per heavy atom. The molecule has 0 radical (unpaired) electrons. The minimum atomic E-state index is -0.400. The zero-order valence-electron chi connectivity index (χ0n) is 11.5. The van der Waals surface area contributed by atoms with E-state index in [9.17, 15) is 10.0 Å². The third-order valence-electron chi connectivity index (χ3n) is 2.90. The van der Waals surface area contributed by atoms with Crippen LogP contribution >= 0.6 is 0 Å². The van der Waals surface area contributed by atoms with Crippen molar-refractivity contribution < 1.29 is 10.0 Å². The fourth-order valence-electron chi connectivity index (χ4n) is 1.87. The summed E-state index contributed by atoms with van der Waals surface area (Å²) in [5.74, 6) is 0. The van der Waals surface area contributed by atoms with Crippen LogP contribution in [0.3, 0.4) is 0 Å². The van der Waals surface area contributed by atoms with E-state index in [0.29, 0.717) is 23.3 Å². The lowest BCUT2D eigenvalue weighted by Gasteiger charge is -2.06. The molecule has 104 valence electrons. The molecule has 5 nitrogen and oxygen atoms in total. The molecule has 0 spiro atoms. The predicted molar refractivity (Wildman–Crippen MR) is 75.3 cm³/mol. The molecule has 2 amide bonds. The van der Waals surface area contributed by atoms with Gasteiger partial charge in [0.05, 0.1) is 16.7 Å². The summed E-state index contributed by atoms with van der Waals surface area (Å²) in [6, 6.07) is 12.5. The number of carbonyl (C=O) groups excluding carboxylic acids is 1. The first-order valence-corrected chi connectivity index (χ1v) is 6.32. The van der Waals surface area contributed by atoms with Gasteiger partial charge >= 0.3 is 6.03 Å². The molecule has 2 rings (SSSR count). The van der Waals surface area contributed by atoms with Gasteiger partial charge in [-0.1, -0.05) is 30.3 Å². The Morgan fingerprint density at radius 3 is 2.40 bits per heavy atom. The summed E-state index contributed by atoms with van der Waals surface area (Å²) in [7, 11) is 0. The van der Waals surface area contributed by atoms with E-state index in [4.69, 9.17) is 0 Å². The third-order valence-corrected chi connectivity index (χ3v) is 2.90. The van der Waals surface area contributed by atoms with Crippen LogP contribution in [0, 0.1) is 13.8 Å². The number of benzene rings is 1. The maximum absolute atomic E-state index is 11.7. The summed E-state index contributed by atoms with van der Waals surface area (Å²) in [4.78, 5) is 15.7. The Balaban J connectivity index is 2.09. The van der Waals surface area contributed by atoms with Crippen LogP contribution in [-0.2, 0) is 6.54 Å². The van der Waals surface area contributed by atoms with E-state index in [1.165, 1.54) is 0 Å². The molecule has 0 aliphatic rings. The smallest absolute Gasteiger partial charge is 0.341 e. The molecule has 0 atom stereocenters. The van der Waals surface area contributed by atoms with Gasteiger partial charge in [0.15, 0.2) is 0 Å². The molecule has 0 saturated heterocycles. The second kappa shape index (κ2) is 6.06. The Hall–Kier alpha value is -2.56. The van der Waals surface area contributed by atoms with Gasteiger partial charge < -0.3 is 10.5 Å². The highest BCUT2D eigenvalue weighted by molar-refractivity contribution is 5.74. The van der Waals surface area contributed by atoms with Crippen molar-refractivity contribution in [3.05, 3.63) is 64.8 Å². The number of aromatic nitrogens is 1. The molecule has 0 bridgehead atoms. The van der Waals surface area contributed by atoms with Gasteiger partial charge in [0.2, 0.25) is 0 Å². The van der Waals surface area contributed by atoms with Crippen LogP contribution in [-0.4, -0.2) is 16.0 Å². The van der Waals surface area contributed by atoms with E-state index in [2.05, 4.69) is 10.3 Å². The molecule has 1 aromatic carbocycles. The fourth-order valence-corrected chi connectivity index (χ4v) is 1.87. The third kappa shape index (κ3) is 3.47. The topological polar surface area (TPSA) is 66.6 Å². The molecule has 2 N–H and O–H groups in total. The number of aryl methyl sites for hydroxylation is 2. The second-order valence-electron chi connectivity index (χ2n) is 4.56. The van der Waals surface area contributed by atoms with Crippen molar-refractivity contribution in [1.82, 2.24) is 10.0 Å². The van der Waals surface area contributed by atoms with E-state index in [1.807, 2.05) is 30.3 Å². The maximum Gasteiger partial charge on any atom is 0.341 e. The molecule has 2 aromatic rings. The van der Waals surface area contributed by atoms with Gasteiger partial charge in [-0.3, -0.25) is 0 Å². The molecule has 0 aliphatic heterocycles.